The summed E-state index contributed by atoms with van der Waals surface area (Å²) in [5, 5.41) is 9.73. The minimum Gasteiger partial charge on any atom is -0.512 e. The van der Waals surface area contributed by atoms with E-state index in [1.54, 1.807) is 0 Å². The molecule has 1 aliphatic carbocycles. The van der Waals surface area contributed by atoms with Crippen molar-refractivity contribution in [2.24, 2.45) is 0 Å². The summed E-state index contributed by atoms with van der Waals surface area (Å²) in [5.41, 5.74) is -0.0451. The highest BCUT2D eigenvalue weighted by Gasteiger charge is 2.49. The molecule has 0 radical (unpaired) electrons. The zero-order valence-electron chi connectivity index (χ0n) is 7.82. The number of carbonyl (C=O) groups is 1. The molecule has 3 heteroatoms. The van der Waals surface area contributed by atoms with Gasteiger partial charge in [0.15, 0.2) is 5.78 Å². The minimum atomic E-state index is -0.567. The lowest BCUT2D eigenvalue weighted by Crippen LogP contribution is -2.43. The van der Waals surface area contributed by atoms with Crippen LogP contribution in [0, 0.1) is 0 Å². The Bertz CT molecular complexity index is 367. The lowest BCUT2D eigenvalue weighted by molar-refractivity contribution is -0.128. The van der Waals surface area contributed by atoms with E-state index >= 15 is 0 Å². The highest BCUT2D eigenvalue weighted by atomic mass is 16.5. The number of allylic oxidation sites excluding steroid dienone is 1. The zero-order chi connectivity index (χ0) is 9.76. The molecule has 3 rings (SSSR count). The topological polar surface area (TPSA) is 46.5 Å². The van der Waals surface area contributed by atoms with Crippen LogP contribution in [0.15, 0.2) is 23.5 Å². The highest BCUT2D eigenvalue weighted by Crippen LogP contribution is 2.45. The molecule has 3 nitrogen and oxygen atoms in total. The standard InChI is InChI=1S/C11H12O3/c12-8-2-1-4-11-5-3-7(14-11)6-9(13)10(8)11/h3,5,7,12H,1-2,4,6H2. The van der Waals surface area contributed by atoms with Gasteiger partial charge in [0.05, 0.1) is 11.7 Å². The van der Waals surface area contributed by atoms with Gasteiger partial charge in [-0.15, -0.1) is 0 Å². The summed E-state index contributed by atoms with van der Waals surface area (Å²) in [5.74, 6) is 0.301. The third-order valence-electron chi connectivity index (χ3n) is 3.28. The molecular formula is C11H12O3. The molecule has 0 aromatic rings. The van der Waals surface area contributed by atoms with Gasteiger partial charge in [0.25, 0.3) is 0 Å². The number of ether oxygens (including phenoxy) is 1. The number of hydrogen-bond acceptors (Lipinski definition) is 3. The summed E-state index contributed by atoms with van der Waals surface area (Å²) in [4.78, 5) is 11.8. The van der Waals surface area contributed by atoms with Gasteiger partial charge in [0.1, 0.15) is 11.4 Å². The molecule has 1 spiro atoms. The van der Waals surface area contributed by atoms with Crippen molar-refractivity contribution in [1.82, 2.24) is 0 Å². The Hall–Kier alpha value is -1.09. The normalized spacial score (nSPS) is 40.3. The summed E-state index contributed by atoms with van der Waals surface area (Å²) >= 11 is 0. The first kappa shape index (κ1) is 8.24. The number of rotatable bonds is 0. The lowest BCUT2D eigenvalue weighted by atomic mass is 9.79. The summed E-state index contributed by atoms with van der Waals surface area (Å²) in [6.07, 6.45) is 6.56. The molecular weight excluding hydrogens is 180 g/mol. The van der Waals surface area contributed by atoms with Crippen LogP contribution in [0.4, 0.5) is 0 Å². The molecule has 2 atom stereocenters. The second-order valence-electron chi connectivity index (χ2n) is 4.21. The molecule has 2 aliphatic heterocycles. The van der Waals surface area contributed by atoms with Gasteiger partial charge >= 0.3 is 0 Å². The molecule has 0 aromatic heterocycles. The predicted molar refractivity (Wildman–Crippen MR) is 49.9 cm³/mol. The maximum Gasteiger partial charge on any atom is 0.168 e. The Morgan fingerprint density at radius 3 is 3.29 bits per heavy atom. The Morgan fingerprint density at radius 2 is 2.43 bits per heavy atom. The third-order valence-corrected chi connectivity index (χ3v) is 3.28. The Balaban J connectivity index is 2.17. The zero-order valence-corrected chi connectivity index (χ0v) is 7.82. The number of Topliss-reactive ketones (excluding diaryl/α,β-unsaturated/α-hetero) is 1. The Morgan fingerprint density at radius 1 is 1.57 bits per heavy atom. The van der Waals surface area contributed by atoms with Crippen molar-refractivity contribution in [3.8, 4) is 0 Å². The minimum absolute atomic E-state index is 0.0582. The number of hydrogen-bond donors (Lipinski definition) is 1. The van der Waals surface area contributed by atoms with Gasteiger partial charge in [0, 0.05) is 12.8 Å². The van der Waals surface area contributed by atoms with Crippen LogP contribution < -0.4 is 0 Å². The van der Waals surface area contributed by atoms with Crippen LogP contribution in [0.1, 0.15) is 25.7 Å². The fourth-order valence-corrected chi connectivity index (χ4v) is 2.70. The quantitative estimate of drug-likeness (QED) is 0.593. The maximum absolute atomic E-state index is 11.8. The van der Waals surface area contributed by atoms with Gasteiger partial charge in [-0.25, -0.2) is 0 Å². The fourth-order valence-electron chi connectivity index (χ4n) is 2.70. The first-order chi connectivity index (χ1) is 6.71. The van der Waals surface area contributed by atoms with Crippen LogP contribution in [-0.2, 0) is 9.53 Å². The van der Waals surface area contributed by atoms with E-state index in [-0.39, 0.29) is 17.6 Å². The lowest BCUT2D eigenvalue weighted by Gasteiger charge is -2.38. The van der Waals surface area contributed by atoms with Crippen molar-refractivity contribution in [3.05, 3.63) is 23.5 Å². The van der Waals surface area contributed by atoms with E-state index in [1.807, 2.05) is 12.2 Å². The van der Waals surface area contributed by atoms with E-state index in [1.165, 1.54) is 0 Å². The molecule has 2 heterocycles. The molecule has 0 aromatic carbocycles. The van der Waals surface area contributed by atoms with Crippen LogP contribution in [0.2, 0.25) is 0 Å². The summed E-state index contributed by atoms with van der Waals surface area (Å²) in [7, 11) is 0. The number of aliphatic hydroxyl groups excluding tert-OH is 1. The van der Waals surface area contributed by atoms with E-state index in [4.69, 9.17) is 4.74 Å². The van der Waals surface area contributed by atoms with E-state index in [2.05, 4.69) is 0 Å². The molecule has 1 fully saturated rings. The van der Waals surface area contributed by atoms with Crippen LogP contribution in [0.3, 0.4) is 0 Å². The average Bonchev–Trinajstić information content (AvgIpc) is 2.43. The predicted octanol–water partition coefficient (Wildman–Crippen LogP) is 1.65. The molecule has 74 valence electrons. The van der Waals surface area contributed by atoms with Gasteiger partial charge in [-0.05, 0) is 18.9 Å². The molecule has 2 unspecified atom stereocenters. The smallest absolute Gasteiger partial charge is 0.168 e. The fraction of sp³-hybridized carbons (Fsp3) is 0.545. The monoisotopic (exact) mass is 192 g/mol. The van der Waals surface area contributed by atoms with Crippen molar-refractivity contribution in [2.45, 2.75) is 37.4 Å². The SMILES string of the molecule is O=C1CC2C=CC3(CCCC(O)=C13)O2. The average molecular weight is 192 g/mol. The van der Waals surface area contributed by atoms with Gasteiger partial charge in [-0.3, -0.25) is 4.79 Å². The Kier molecular flexibility index (Phi) is 1.46. The van der Waals surface area contributed by atoms with Crippen LogP contribution >= 0.6 is 0 Å². The molecule has 2 bridgehead atoms. The molecule has 1 saturated heterocycles. The van der Waals surface area contributed by atoms with E-state index in [0.29, 0.717) is 18.4 Å². The molecule has 0 amide bonds. The summed E-state index contributed by atoms with van der Waals surface area (Å²) in [6.45, 7) is 0. The summed E-state index contributed by atoms with van der Waals surface area (Å²) in [6, 6.07) is 0. The van der Waals surface area contributed by atoms with Crippen molar-refractivity contribution in [1.29, 1.82) is 0 Å². The maximum atomic E-state index is 11.8. The van der Waals surface area contributed by atoms with Gasteiger partial charge in [-0.2, -0.15) is 0 Å². The van der Waals surface area contributed by atoms with Crippen LogP contribution in [-0.4, -0.2) is 22.6 Å². The number of aliphatic hydroxyl groups is 1. The highest BCUT2D eigenvalue weighted by molar-refractivity contribution is 6.00. The molecule has 14 heavy (non-hydrogen) atoms. The second-order valence-corrected chi connectivity index (χ2v) is 4.21. The van der Waals surface area contributed by atoms with E-state index < -0.39 is 5.60 Å². The van der Waals surface area contributed by atoms with Crippen molar-refractivity contribution in [3.63, 3.8) is 0 Å². The van der Waals surface area contributed by atoms with E-state index in [9.17, 15) is 9.90 Å². The number of carbonyl (C=O) groups excluding carboxylic acids is 1. The second kappa shape index (κ2) is 2.48. The van der Waals surface area contributed by atoms with Crippen LogP contribution in [0.25, 0.3) is 0 Å². The van der Waals surface area contributed by atoms with Gasteiger partial charge in [-0.1, -0.05) is 6.08 Å². The molecule has 3 aliphatic rings. The first-order valence-corrected chi connectivity index (χ1v) is 5.04. The van der Waals surface area contributed by atoms with Crippen molar-refractivity contribution < 1.29 is 14.6 Å². The third kappa shape index (κ3) is 0.879. The largest absolute Gasteiger partial charge is 0.512 e. The summed E-state index contributed by atoms with van der Waals surface area (Å²) < 4.78 is 5.78. The number of fused-ring (bicyclic) bond motifs is 1. The Labute approximate surface area is 82.1 Å². The van der Waals surface area contributed by atoms with Crippen LogP contribution in [0.5, 0.6) is 0 Å². The number of ketones is 1. The molecule has 0 saturated carbocycles. The van der Waals surface area contributed by atoms with Crippen molar-refractivity contribution >= 4 is 5.78 Å². The van der Waals surface area contributed by atoms with Gasteiger partial charge in [0.2, 0.25) is 0 Å². The molecule has 1 N–H and O–H groups in total. The van der Waals surface area contributed by atoms with Crippen molar-refractivity contribution in [2.75, 3.05) is 0 Å². The van der Waals surface area contributed by atoms with E-state index in [0.717, 1.165) is 12.8 Å². The first-order valence-electron chi connectivity index (χ1n) is 5.04. The van der Waals surface area contributed by atoms with Gasteiger partial charge < -0.3 is 9.84 Å².